The average molecular weight is 229 g/mol. The van der Waals surface area contributed by atoms with Crippen LogP contribution in [0.25, 0.3) is 0 Å². The molecule has 0 heterocycles. The fraction of sp³-hybridized carbons (Fsp3) is 0.600. The molecule has 2 amide bonds. The molecule has 0 aliphatic carbocycles. The van der Waals surface area contributed by atoms with Gasteiger partial charge in [-0.05, 0) is 6.42 Å². The summed E-state index contributed by atoms with van der Waals surface area (Å²) in [6.07, 6.45) is 2.37. The van der Waals surface area contributed by atoms with Crippen LogP contribution in [0.5, 0.6) is 0 Å². The van der Waals surface area contributed by atoms with Crippen LogP contribution in [0, 0.1) is 0 Å². The van der Waals surface area contributed by atoms with E-state index in [2.05, 4.69) is 11.9 Å². The van der Waals surface area contributed by atoms with Crippen molar-refractivity contribution in [3.8, 4) is 0 Å². The molecule has 0 fully saturated rings. The Morgan fingerprint density at radius 1 is 1.44 bits per heavy atom. The third-order valence-electron chi connectivity index (χ3n) is 1.77. The minimum absolute atomic E-state index is 0.150. The van der Waals surface area contributed by atoms with Crippen LogP contribution < -0.4 is 16.8 Å². The van der Waals surface area contributed by atoms with Gasteiger partial charge in [0, 0.05) is 6.54 Å². The summed E-state index contributed by atoms with van der Waals surface area (Å²) < 4.78 is 5.17. The molecule has 0 aromatic heterocycles. The Labute approximate surface area is 95.0 Å². The monoisotopic (exact) mass is 229 g/mol. The van der Waals surface area contributed by atoms with E-state index in [1.165, 1.54) is 0 Å². The molecule has 0 aliphatic rings. The van der Waals surface area contributed by atoms with Gasteiger partial charge in [0.2, 0.25) is 11.8 Å². The van der Waals surface area contributed by atoms with Crippen molar-refractivity contribution in [2.24, 2.45) is 11.5 Å². The summed E-state index contributed by atoms with van der Waals surface area (Å²) >= 11 is 0. The van der Waals surface area contributed by atoms with Crippen molar-refractivity contribution in [2.75, 3.05) is 19.8 Å². The average Bonchev–Trinajstić information content (AvgIpc) is 2.21. The molecular formula is C10H19N3O3. The van der Waals surface area contributed by atoms with Crippen LogP contribution in [-0.2, 0) is 14.3 Å². The summed E-state index contributed by atoms with van der Waals surface area (Å²) in [7, 11) is 0. The van der Waals surface area contributed by atoms with Crippen LogP contribution in [0.15, 0.2) is 12.7 Å². The van der Waals surface area contributed by atoms with Gasteiger partial charge in [-0.1, -0.05) is 6.08 Å². The zero-order valence-corrected chi connectivity index (χ0v) is 9.28. The van der Waals surface area contributed by atoms with Gasteiger partial charge in [0.05, 0.1) is 25.7 Å². The van der Waals surface area contributed by atoms with Gasteiger partial charge < -0.3 is 21.5 Å². The first-order valence-corrected chi connectivity index (χ1v) is 5.08. The van der Waals surface area contributed by atoms with Gasteiger partial charge in [-0.2, -0.15) is 0 Å². The SMILES string of the molecule is C=CCCOCCNC(=O)C(N)CC(N)=O. The lowest BCUT2D eigenvalue weighted by Gasteiger charge is -2.10. The summed E-state index contributed by atoms with van der Waals surface area (Å²) in [5.74, 6) is -0.990. The summed E-state index contributed by atoms with van der Waals surface area (Å²) in [4.78, 5) is 21.7. The van der Waals surface area contributed by atoms with Crippen molar-refractivity contribution in [3.05, 3.63) is 12.7 Å². The van der Waals surface area contributed by atoms with Gasteiger partial charge >= 0.3 is 0 Å². The molecule has 1 unspecified atom stereocenters. The van der Waals surface area contributed by atoms with E-state index < -0.39 is 17.9 Å². The van der Waals surface area contributed by atoms with Crippen molar-refractivity contribution in [2.45, 2.75) is 18.9 Å². The van der Waals surface area contributed by atoms with E-state index in [1.807, 2.05) is 0 Å². The molecule has 6 heteroatoms. The molecule has 0 radical (unpaired) electrons. The molecule has 1 atom stereocenters. The zero-order chi connectivity index (χ0) is 12.4. The molecule has 0 aliphatic heterocycles. The molecule has 0 bridgehead atoms. The molecule has 16 heavy (non-hydrogen) atoms. The van der Waals surface area contributed by atoms with E-state index in [9.17, 15) is 9.59 Å². The molecule has 92 valence electrons. The molecule has 0 aromatic carbocycles. The maximum Gasteiger partial charge on any atom is 0.237 e. The third kappa shape index (κ3) is 7.95. The van der Waals surface area contributed by atoms with E-state index in [-0.39, 0.29) is 6.42 Å². The first-order valence-electron chi connectivity index (χ1n) is 5.08. The lowest BCUT2D eigenvalue weighted by atomic mass is 10.2. The Hall–Kier alpha value is -1.40. The molecule has 6 nitrogen and oxygen atoms in total. The Morgan fingerprint density at radius 3 is 2.69 bits per heavy atom. The Bertz CT molecular complexity index is 243. The van der Waals surface area contributed by atoms with Crippen molar-refractivity contribution < 1.29 is 14.3 Å². The van der Waals surface area contributed by atoms with E-state index in [1.54, 1.807) is 6.08 Å². The summed E-state index contributed by atoms with van der Waals surface area (Å²) in [5, 5.41) is 2.54. The van der Waals surface area contributed by atoms with Gasteiger partial charge in [0.1, 0.15) is 0 Å². The second kappa shape index (κ2) is 8.87. The minimum atomic E-state index is -0.884. The number of primary amides is 1. The molecule has 0 saturated heterocycles. The van der Waals surface area contributed by atoms with Crippen molar-refractivity contribution in [3.63, 3.8) is 0 Å². The number of carbonyl (C=O) groups excluding carboxylic acids is 2. The Kier molecular flexibility index (Phi) is 8.10. The zero-order valence-electron chi connectivity index (χ0n) is 9.28. The van der Waals surface area contributed by atoms with Gasteiger partial charge in [0.25, 0.3) is 0 Å². The van der Waals surface area contributed by atoms with Crippen molar-refractivity contribution in [1.82, 2.24) is 5.32 Å². The van der Waals surface area contributed by atoms with Crippen LogP contribution in [0.3, 0.4) is 0 Å². The van der Waals surface area contributed by atoms with E-state index in [0.29, 0.717) is 19.8 Å². The van der Waals surface area contributed by atoms with Crippen molar-refractivity contribution in [1.29, 1.82) is 0 Å². The van der Waals surface area contributed by atoms with Gasteiger partial charge in [-0.25, -0.2) is 0 Å². The maximum atomic E-state index is 11.3. The first-order chi connectivity index (χ1) is 7.57. The highest BCUT2D eigenvalue weighted by Crippen LogP contribution is 1.87. The highest BCUT2D eigenvalue weighted by molar-refractivity contribution is 5.87. The number of rotatable bonds is 9. The normalized spacial score (nSPS) is 11.8. The lowest BCUT2D eigenvalue weighted by molar-refractivity contribution is -0.126. The van der Waals surface area contributed by atoms with Crippen LogP contribution in [0.1, 0.15) is 12.8 Å². The number of ether oxygens (including phenoxy) is 1. The number of carbonyl (C=O) groups is 2. The van der Waals surface area contributed by atoms with Gasteiger partial charge in [0.15, 0.2) is 0 Å². The van der Waals surface area contributed by atoms with Gasteiger partial charge in [-0.15, -0.1) is 6.58 Å². The summed E-state index contributed by atoms with van der Waals surface area (Å²) in [6.45, 7) is 4.89. The Balaban J connectivity index is 3.49. The van der Waals surface area contributed by atoms with Crippen LogP contribution in [-0.4, -0.2) is 37.6 Å². The minimum Gasteiger partial charge on any atom is -0.379 e. The summed E-state index contributed by atoms with van der Waals surface area (Å²) in [6, 6.07) is -0.884. The second-order valence-electron chi connectivity index (χ2n) is 3.26. The molecule has 0 rings (SSSR count). The maximum absolute atomic E-state index is 11.3. The number of hydrogen-bond donors (Lipinski definition) is 3. The first kappa shape index (κ1) is 14.6. The molecule has 0 spiro atoms. The standard InChI is InChI=1S/C10H19N3O3/c1-2-3-5-16-6-4-13-10(15)8(11)7-9(12)14/h2,8H,1,3-7,11H2,(H2,12,14)(H,13,15). The number of amides is 2. The van der Waals surface area contributed by atoms with Crippen LogP contribution >= 0.6 is 0 Å². The highest BCUT2D eigenvalue weighted by atomic mass is 16.5. The van der Waals surface area contributed by atoms with Crippen molar-refractivity contribution >= 4 is 11.8 Å². The summed E-state index contributed by atoms with van der Waals surface area (Å²) in [5.41, 5.74) is 10.3. The molecule has 0 saturated carbocycles. The predicted molar refractivity (Wildman–Crippen MR) is 60.4 cm³/mol. The van der Waals surface area contributed by atoms with E-state index in [0.717, 1.165) is 6.42 Å². The van der Waals surface area contributed by atoms with E-state index in [4.69, 9.17) is 16.2 Å². The topological polar surface area (TPSA) is 107 Å². The number of nitrogens with two attached hydrogens (primary N) is 2. The number of nitrogens with one attached hydrogen (secondary N) is 1. The Morgan fingerprint density at radius 2 is 2.12 bits per heavy atom. The van der Waals surface area contributed by atoms with E-state index >= 15 is 0 Å². The van der Waals surface area contributed by atoms with Crippen LogP contribution in [0.4, 0.5) is 0 Å². The largest absolute Gasteiger partial charge is 0.379 e. The van der Waals surface area contributed by atoms with Gasteiger partial charge in [-0.3, -0.25) is 9.59 Å². The third-order valence-corrected chi connectivity index (χ3v) is 1.77. The molecule has 5 N–H and O–H groups in total. The molecule has 0 aromatic rings. The second-order valence-corrected chi connectivity index (χ2v) is 3.26. The lowest BCUT2D eigenvalue weighted by Crippen LogP contribution is -2.43. The highest BCUT2D eigenvalue weighted by Gasteiger charge is 2.14. The predicted octanol–water partition coefficient (Wildman–Crippen LogP) is -1.10. The number of hydrogen-bond acceptors (Lipinski definition) is 4. The fourth-order valence-electron chi connectivity index (χ4n) is 0.956. The van der Waals surface area contributed by atoms with Crippen LogP contribution in [0.2, 0.25) is 0 Å². The fourth-order valence-corrected chi connectivity index (χ4v) is 0.956. The molecular weight excluding hydrogens is 210 g/mol. The smallest absolute Gasteiger partial charge is 0.237 e. The quantitative estimate of drug-likeness (QED) is 0.344.